The van der Waals surface area contributed by atoms with Gasteiger partial charge in [0.05, 0.1) is 7.11 Å². The van der Waals surface area contributed by atoms with E-state index in [1.54, 1.807) is 0 Å². The van der Waals surface area contributed by atoms with Crippen molar-refractivity contribution < 1.29 is 9.53 Å². The van der Waals surface area contributed by atoms with Crippen molar-refractivity contribution in [2.75, 3.05) is 7.11 Å². The van der Waals surface area contributed by atoms with E-state index < -0.39 is 6.04 Å². The molecule has 0 amide bonds. The van der Waals surface area contributed by atoms with Crippen LogP contribution in [-0.4, -0.2) is 19.1 Å². The second-order valence-corrected chi connectivity index (χ2v) is 3.52. The molecule has 1 aromatic carbocycles. The molecule has 3 nitrogen and oxygen atoms in total. The van der Waals surface area contributed by atoms with E-state index in [4.69, 9.17) is 5.73 Å². The lowest BCUT2D eigenvalue weighted by Gasteiger charge is -2.08. The molecule has 0 aliphatic heterocycles. The van der Waals surface area contributed by atoms with Gasteiger partial charge in [-0.1, -0.05) is 12.1 Å². The molecule has 76 valence electrons. The van der Waals surface area contributed by atoms with Gasteiger partial charge in [-0.05, 0) is 24.1 Å². The summed E-state index contributed by atoms with van der Waals surface area (Å²) in [6.07, 6.45) is 0.487. The van der Waals surface area contributed by atoms with Gasteiger partial charge in [0.1, 0.15) is 6.04 Å². The Balaban J connectivity index is 2.60. The Kier molecular flexibility index (Phi) is 3.98. The third kappa shape index (κ3) is 3.05. The van der Waals surface area contributed by atoms with Crippen LogP contribution in [0, 0.1) is 0 Å². The molecule has 1 rings (SSSR count). The van der Waals surface area contributed by atoms with Crippen molar-refractivity contribution in [2.24, 2.45) is 5.73 Å². The van der Waals surface area contributed by atoms with Crippen LogP contribution in [0.1, 0.15) is 5.56 Å². The molecule has 14 heavy (non-hydrogen) atoms. The minimum atomic E-state index is -0.592. The Hall–Kier alpha value is -1.00. The summed E-state index contributed by atoms with van der Waals surface area (Å²) in [4.78, 5) is 11.9. The van der Waals surface area contributed by atoms with Gasteiger partial charge in [-0.3, -0.25) is 4.79 Å². The minimum absolute atomic E-state index is 0.389. The first-order valence-corrected chi connectivity index (χ1v) is 4.69. The Bertz CT molecular complexity index is 310. The first kappa shape index (κ1) is 11.1. The zero-order valence-corrected chi connectivity index (χ0v) is 8.83. The summed E-state index contributed by atoms with van der Waals surface area (Å²) < 4.78 is 4.53. The first-order valence-electron chi connectivity index (χ1n) is 4.25. The minimum Gasteiger partial charge on any atom is -0.468 e. The molecule has 1 aromatic rings. The van der Waals surface area contributed by atoms with Gasteiger partial charge in [0.2, 0.25) is 0 Å². The molecular weight excluding hydrogens is 198 g/mol. The average Bonchev–Trinajstić information content (AvgIpc) is 2.20. The number of nitrogens with two attached hydrogens (primary N) is 1. The highest BCUT2D eigenvalue weighted by Crippen LogP contribution is 2.09. The lowest BCUT2D eigenvalue weighted by atomic mass is 10.1. The topological polar surface area (TPSA) is 52.3 Å². The molecule has 0 saturated heterocycles. The molecule has 4 heteroatoms. The van der Waals surface area contributed by atoms with Crippen molar-refractivity contribution in [1.29, 1.82) is 0 Å². The lowest BCUT2D eigenvalue weighted by molar-refractivity contribution is -0.142. The SMILES string of the molecule is COC(=O)C(N)Cc1ccc(S)cc1. The van der Waals surface area contributed by atoms with Crippen molar-refractivity contribution in [3.8, 4) is 0 Å². The summed E-state index contributed by atoms with van der Waals surface area (Å²) >= 11 is 4.16. The first-order chi connectivity index (χ1) is 6.63. The molecule has 0 aliphatic rings. The average molecular weight is 211 g/mol. The Morgan fingerprint density at radius 1 is 1.50 bits per heavy atom. The Labute approximate surface area is 88.7 Å². The monoisotopic (exact) mass is 211 g/mol. The van der Waals surface area contributed by atoms with Crippen LogP contribution < -0.4 is 5.73 Å². The quantitative estimate of drug-likeness (QED) is 0.579. The molecule has 0 fully saturated rings. The molecule has 0 aromatic heterocycles. The maximum atomic E-state index is 11.0. The summed E-state index contributed by atoms with van der Waals surface area (Å²) in [5, 5.41) is 0. The third-order valence-electron chi connectivity index (χ3n) is 1.90. The molecule has 0 bridgehead atoms. The normalized spacial score (nSPS) is 12.2. The maximum absolute atomic E-state index is 11.0. The molecule has 0 spiro atoms. The van der Waals surface area contributed by atoms with Gasteiger partial charge in [-0.15, -0.1) is 12.6 Å². The van der Waals surface area contributed by atoms with Gasteiger partial charge in [0, 0.05) is 4.90 Å². The number of carbonyl (C=O) groups excluding carboxylic acids is 1. The molecular formula is C10H13NO2S. The van der Waals surface area contributed by atoms with Crippen LogP contribution in [0.5, 0.6) is 0 Å². The van der Waals surface area contributed by atoms with E-state index in [0.29, 0.717) is 6.42 Å². The maximum Gasteiger partial charge on any atom is 0.322 e. The number of hydrogen-bond donors (Lipinski definition) is 2. The van der Waals surface area contributed by atoms with Crippen LogP contribution in [0.25, 0.3) is 0 Å². The number of hydrogen-bond acceptors (Lipinski definition) is 4. The van der Waals surface area contributed by atoms with Gasteiger partial charge in [-0.2, -0.15) is 0 Å². The highest BCUT2D eigenvalue weighted by atomic mass is 32.1. The highest BCUT2D eigenvalue weighted by molar-refractivity contribution is 7.80. The Morgan fingerprint density at radius 3 is 2.57 bits per heavy atom. The molecule has 0 saturated carbocycles. The number of thiol groups is 1. The van der Waals surface area contributed by atoms with E-state index in [1.807, 2.05) is 24.3 Å². The third-order valence-corrected chi connectivity index (χ3v) is 2.19. The predicted octanol–water partition coefficient (Wildman–Crippen LogP) is 1.02. The molecule has 0 radical (unpaired) electrons. The smallest absolute Gasteiger partial charge is 0.322 e. The fraction of sp³-hybridized carbons (Fsp3) is 0.300. The predicted molar refractivity (Wildman–Crippen MR) is 57.4 cm³/mol. The van der Waals surface area contributed by atoms with E-state index in [0.717, 1.165) is 10.5 Å². The van der Waals surface area contributed by atoms with Crippen LogP contribution in [0.4, 0.5) is 0 Å². The van der Waals surface area contributed by atoms with Gasteiger partial charge in [0.15, 0.2) is 0 Å². The van der Waals surface area contributed by atoms with E-state index in [-0.39, 0.29) is 5.97 Å². The van der Waals surface area contributed by atoms with Crippen molar-refractivity contribution in [1.82, 2.24) is 0 Å². The van der Waals surface area contributed by atoms with Crippen LogP contribution in [0.2, 0.25) is 0 Å². The van der Waals surface area contributed by atoms with Crippen LogP contribution in [0.3, 0.4) is 0 Å². The highest BCUT2D eigenvalue weighted by Gasteiger charge is 2.13. The largest absolute Gasteiger partial charge is 0.468 e. The summed E-state index contributed by atoms with van der Waals surface area (Å²) in [5.41, 5.74) is 6.60. The zero-order chi connectivity index (χ0) is 10.6. The van der Waals surface area contributed by atoms with Crippen molar-refractivity contribution in [3.63, 3.8) is 0 Å². The van der Waals surface area contributed by atoms with Crippen molar-refractivity contribution in [3.05, 3.63) is 29.8 Å². The molecule has 1 atom stereocenters. The number of ether oxygens (including phenoxy) is 1. The molecule has 0 aliphatic carbocycles. The number of benzene rings is 1. The van der Waals surface area contributed by atoms with Gasteiger partial charge < -0.3 is 10.5 Å². The second-order valence-electron chi connectivity index (χ2n) is 3.00. The van der Waals surface area contributed by atoms with Crippen molar-refractivity contribution in [2.45, 2.75) is 17.4 Å². The zero-order valence-electron chi connectivity index (χ0n) is 7.93. The molecule has 0 heterocycles. The summed E-state index contributed by atoms with van der Waals surface area (Å²) in [7, 11) is 1.33. The number of methoxy groups -OCH3 is 1. The number of esters is 1. The fourth-order valence-electron chi connectivity index (χ4n) is 1.12. The van der Waals surface area contributed by atoms with Crippen molar-refractivity contribution >= 4 is 18.6 Å². The fourth-order valence-corrected chi connectivity index (χ4v) is 1.27. The van der Waals surface area contributed by atoms with Gasteiger partial charge >= 0.3 is 5.97 Å². The van der Waals surface area contributed by atoms with E-state index in [9.17, 15) is 4.79 Å². The van der Waals surface area contributed by atoms with Gasteiger partial charge in [0.25, 0.3) is 0 Å². The summed E-state index contributed by atoms with van der Waals surface area (Å²) in [5.74, 6) is -0.389. The second kappa shape index (κ2) is 5.02. The van der Waals surface area contributed by atoms with Gasteiger partial charge in [-0.25, -0.2) is 0 Å². The lowest BCUT2D eigenvalue weighted by Crippen LogP contribution is -2.33. The van der Waals surface area contributed by atoms with Crippen LogP contribution in [0.15, 0.2) is 29.2 Å². The van der Waals surface area contributed by atoms with E-state index in [2.05, 4.69) is 17.4 Å². The number of carbonyl (C=O) groups is 1. The standard InChI is InChI=1S/C10H13NO2S/c1-13-10(12)9(11)6-7-2-4-8(14)5-3-7/h2-5,9,14H,6,11H2,1H3. The molecule has 2 N–H and O–H groups in total. The number of rotatable bonds is 3. The Morgan fingerprint density at radius 2 is 2.07 bits per heavy atom. The van der Waals surface area contributed by atoms with E-state index >= 15 is 0 Å². The van der Waals surface area contributed by atoms with Crippen LogP contribution in [-0.2, 0) is 16.0 Å². The van der Waals surface area contributed by atoms with E-state index in [1.165, 1.54) is 7.11 Å². The summed E-state index contributed by atoms with van der Waals surface area (Å²) in [6, 6.07) is 6.92. The van der Waals surface area contributed by atoms with Crippen LogP contribution >= 0.6 is 12.6 Å². The molecule has 1 unspecified atom stereocenters. The summed E-state index contributed by atoms with van der Waals surface area (Å²) in [6.45, 7) is 0.